The van der Waals surface area contributed by atoms with Gasteiger partial charge in [-0.1, -0.05) is 36.8 Å². The molecule has 25 heavy (non-hydrogen) atoms. The summed E-state index contributed by atoms with van der Waals surface area (Å²) in [6.45, 7) is 10.7. The van der Waals surface area contributed by atoms with Crippen molar-refractivity contribution in [3.63, 3.8) is 0 Å². The maximum absolute atomic E-state index is 5.16. The van der Waals surface area contributed by atoms with Crippen LogP contribution in [0.5, 0.6) is 0 Å². The molecule has 1 unspecified atom stereocenters. The van der Waals surface area contributed by atoms with Gasteiger partial charge in [-0.3, -0.25) is 9.56 Å². The van der Waals surface area contributed by atoms with Crippen molar-refractivity contribution in [1.82, 2.24) is 14.8 Å². The number of aliphatic imine (C=N–C) groups is 1. The van der Waals surface area contributed by atoms with Gasteiger partial charge in [0.25, 0.3) is 0 Å². The van der Waals surface area contributed by atoms with E-state index in [1.165, 1.54) is 32.1 Å². The van der Waals surface area contributed by atoms with Crippen LogP contribution in [0.15, 0.2) is 29.3 Å². The smallest absolute Gasteiger partial charge is 0.163 e. The Kier molecular flexibility index (Phi) is 3.84. The lowest BCUT2D eigenvalue weighted by Crippen LogP contribution is -2.07. The second-order valence-electron chi connectivity index (χ2n) is 6.67. The summed E-state index contributed by atoms with van der Waals surface area (Å²) in [6.07, 6.45) is 0.903. The van der Waals surface area contributed by atoms with E-state index in [2.05, 4.69) is 66.7 Å². The zero-order chi connectivity index (χ0) is 17.7. The fourth-order valence-corrected chi connectivity index (χ4v) is 4.59. The summed E-state index contributed by atoms with van der Waals surface area (Å²) in [4.78, 5) is 6.48. The minimum atomic E-state index is 0.0248. The van der Waals surface area contributed by atoms with E-state index in [-0.39, 0.29) is 6.04 Å². The molecule has 1 aromatic carbocycles. The Morgan fingerprint density at radius 3 is 2.44 bits per heavy atom. The van der Waals surface area contributed by atoms with Crippen molar-refractivity contribution in [3.05, 3.63) is 63.0 Å². The summed E-state index contributed by atoms with van der Waals surface area (Å²) in [7, 11) is 0. The summed E-state index contributed by atoms with van der Waals surface area (Å²) in [5, 5.41) is 9.99. The Morgan fingerprint density at radius 1 is 1.04 bits per heavy atom. The second kappa shape index (κ2) is 5.92. The molecule has 4 nitrogen and oxygen atoms in total. The number of nitrogens with zero attached hydrogens (tertiary/aromatic N) is 4. The molecular formula is C20H22N4S. The number of hydrogen-bond donors (Lipinski definition) is 0. The first-order chi connectivity index (χ1) is 12.0. The first-order valence-electron chi connectivity index (χ1n) is 8.68. The average Bonchev–Trinajstić information content (AvgIpc) is 3.06. The largest absolute Gasteiger partial charge is 0.273 e. The van der Waals surface area contributed by atoms with E-state index in [1.807, 2.05) is 18.3 Å². The van der Waals surface area contributed by atoms with Crippen LogP contribution in [-0.4, -0.2) is 20.5 Å². The maximum atomic E-state index is 5.16. The summed E-state index contributed by atoms with van der Waals surface area (Å²) in [6, 6.07) is 8.69. The van der Waals surface area contributed by atoms with Crippen LogP contribution >= 0.6 is 11.3 Å². The van der Waals surface area contributed by atoms with Crippen molar-refractivity contribution in [3.8, 4) is 5.00 Å². The molecule has 0 aliphatic carbocycles. The Hall–Kier alpha value is -2.27. The summed E-state index contributed by atoms with van der Waals surface area (Å²) < 4.78 is 2.21. The molecular weight excluding hydrogens is 328 g/mol. The van der Waals surface area contributed by atoms with Gasteiger partial charge in [-0.15, -0.1) is 21.5 Å². The number of benzene rings is 1. The van der Waals surface area contributed by atoms with Crippen LogP contribution in [0, 0.1) is 27.7 Å². The van der Waals surface area contributed by atoms with Crippen molar-refractivity contribution >= 4 is 17.0 Å². The van der Waals surface area contributed by atoms with Crippen molar-refractivity contribution < 1.29 is 0 Å². The Labute approximate surface area is 152 Å². The molecule has 2 aromatic heterocycles. The molecule has 0 radical (unpaired) electrons. The lowest BCUT2D eigenvalue weighted by atomic mass is 9.99. The second-order valence-corrected chi connectivity index (χ2v) is 7.88. The highest BCUT2D eigenvalue weighted by molar-refractivity contribution is 7.15. The summed E-state index contributed by atoms with van der Waals surface area (Å²) in [5.74, 6) is 1.88. The minimum absolute atomic E-state index is 0.0248. The average molecular weight is 350 g/mol. The summed E-state index contributed by atoms with van der Waals surface area (Å²) >= 11 is 1.81. The van der Waals surface area contributed by atoms with Crippen LogP contribution in [0.2, 0.25) is 0 Å². The number of rotatable bonds is 2. The van der Waals surface area contributed by atoms with Gasteiger partial charge >= 0.3 is 0 Å². The highest BCUT2D eigenvalue weighted by Gasteiger charge is 2.30. The van der Waals surface area contributed by atoms with Gasteiger partial charge in [0.05, 0.1) is 5.71 Å². The van der Waals surface area contributed by atoms with Crippen LogP contribution in [0.4, 0.5) is 0 Å². The topological polar surface area (TPSA) is 43.1 Å². The molecule has 1 atom stereocenters. The van der Waals surface area contributed by atoms with Crippen LogP contribution in [0.1, 0.15) is 58.2 Å². The molecule has 128 valence electrons. The normalized spacial score (nSPS) is 16.2. The van der Waals surface area contributed by atoms with Crippen LogP contribution in [0.3, 0.4) is 0 Å². The van der Waals surface area contributed by atoms with Gasteiger partial charge in [0.15, 0.2) is 5.82 Å². The zero-order valence-corrected chi connectivity index (χ0v) is 16.1. The minimum Gasteiger partial charge on any atom is -0.273 e. The van der Waals surface area contributed by atoms with Crippen LogP contribution in [-0.2, 0) is 0 Å². The molecule has 0 saturated heterocycles. The highest BCUT2D eigenvalue weighted by atomic mass is 32.1. The van der Waals surface area contributed by atoms with Gasteiger partial charge < -0.3 is 0 Å². The molecule has 1 aliphatic heterocycles. The van der Waals surface area contributed by atoms with E-state index in [0.717, 1.165) is 23.8 Å². The van der Waals surface area contributed by atoms with Gasteiger partial charge in [-0.05, 0) is 39.7 Å². The standard InChI is InChI=1S/C20H22N4S/c1-6-16-19-23-22-14(5)24(19)20-17(12(3)13(4)25-20)18(21-16)15-9-7-11(2)8-10-15/h7-10,16H,6H2,1-5H3. The highest BCUT2D eigenvalue weighted by Crippen LogP contribution is 2.39. The van der Waals surface area contributed by atoms with Crippen molar-refractivity contribution in [2.75, 3.05) is 0 Å². The molecule has 0 saturated carbocycles. The molecule has 0 spiro atoms. The fourth-order valence-electron chi connectivity index (χ4n) is 3.37. The van der Waals surface area contributed by atoms with Crippen molar-refractivity contribution in [2.45, 2.75) is 47.1 Å². The SMILES string of the molecule is CCC1N=C(c2ccc(C)cc2)c2c(sc(C)c2C)-n2c(C)nnc21. The van der Waals surface area contributed by atoms with Crippen molar-refractivity contribution in [1.29, 1.82) is 0 Å². The predicted octanol–water partition coefficient (Wildman–Crippen LogP) is 4.86. The van der Waals surface area contributed by atoms with E-state index in [0.29, 0.717) is 0 Å². The van der Waals surface area contributed by atoms with E-state index in [1.54, 1.807) is 0 Å². The zero-order valence-electron chi connectivity index (χ0n) is 15.3. The molecule has 0 amide bonds. The Bertz CT molecular complexity index is 976. The first kappa shape index (κ1) is 16.2. The van der Waals surface area contributed by atoms with Crippen molar-refractivity contribution in [2.24, 2.45) is 4.99 Å². The number of aryl methyl sites for hydroxylation is 3. The molecule has 0 bridgehead atoms. The molecule has 0 fully saturated rings. The number of fused-ring (bicyclic) bond motifs is 3. The molecule has 5 heteroatoms. The van der Waals surface area contributed by atoms with E-state index in [9.17, 15) is 0 Å². The third kappa shape index (κ3) is 2.45. The number of hydrogen-bond acceptors (Lipinski definition) is 4. The van der Waals surface area contributed by atoms with Crippen LogP contribution < -0.4 is 0 Å². The predicted molar refractivity (Wildman–Crippen MR) is 103 cm³/mol. The van der Waals surface area contributed by atoms with Gasteiger partial charge in [0, 0.05) is 16.0 Å². The van der Waals surface area contributed by atoms with Crippen LogP contribution in [0.25, 0.3) is 5.00 Å². The Morgan fingerprint density at radius 2 is 1.76 bits per heavy atom. The van der Waals surface area contributed by atoms with E-state index < -0.39 is 0 Å². The maximum Gasteiger partial charge on any atom is 0.163 e. The monoisotopic (exact) mass is 350 g/mol. The third-order valence-corrected chi connectivity index (χ3v) is 6.14. The van der Waals surface area contributed by atoms with E-state index in [4.69, 9.17) is 4.99 Å². The number of thiophene rings is 1. The quantitative estimate of drug-likeness (QED) is 0.662. The van der Waals surface area contributed by atoms with Gasteiger partial charge in [0.1, 0.15) is 16.9 Å². The number of aromatic nitrogens is 3. The Balaban J connectivity index is 2.05. The van der Waals surface area contributed by atoms with Gasteiger partial charge in [0.2, 0.25) is 0 Å². The molecule has 3 heterocycles. The molecule has 4 rings (SSSR count). The fraction of sp³-hybridized carbons (Fsp3) is 0.350. The van der Waals surface area contributed by atoms with E-state index >= 15 is 0 Å². The molecule has 1 aliphatic rings. The first-order valence-corrected chi connectivity index (χ1v) is 9.50. The van der Waals surface area contributed by atoms with Gasteiger partial charge in [-0.25, -0.2) is 0 Å². The lowest BCUT2D eigenvalue weighted by molar-refractivity contribution is 0.641. The lowest BCUT2D eigenvalue weighted by Gasteiger charge is -2.10. The molecule has 0 N–H and O–H groups in total. The molecule has 3 aromatic rings. The summed E-state index contributed by atoms with van der Waals surface area (Å²) in [5.41, 5.74) is 6.04. The van der Waals surface area contributed by atoms with Gasteiger partial charge in [-0.2, -0.15) is 0 Å². The third-order valence-electron chi connectivity index (χ3n) is 4.95.